The normalized spacial score (nSPS) is 17.2. The molecule has 2 rings (SSSR count). The Labute approximate surface area is 122 Å². The zero-order valence-electron chi connectivity index (χ0n) is 13.3. The first kappa shape index (κ1) is 15.0. The lowest BCUT2D eigenvalue weighted by atomic mass is 10.2. The maximum atomic E-state index is 6.05. The molecule has 0 atom stereocenters. The zero-order chi connectivity index (χ0) is 14.9. The number of anilines is 2. The lowest BCUT2D eigenvalue weighted by Crippen LogP contribution is -2.49. The molecule has 0 unspecified atom stereocenters. The van der Waals surface area contributed by atoms with E-state index in [1.165, 1.54) is 0 Å². The number of aromatic nitrogens is 2. The van der Waals surface area contributed by atoms with Crippen LogP contribution in [-0.4, -0.2) is 47.1 Å². The molecule has 0 aliphatic carbocycles. The molecule has 1 aliphatic rings. The summed E-state index contributed by atoms with van der Waals surface area (Å²) >= 11 is 0. The highest BCUT2D eigenvalue weighted by Crippen LogP contribution is 2.25. The Morgan fingerprint density at radius 1 is 1.00 bits per heavy atom. The number of hydrogen-bond acceptors (Lipinski definition) is 5. The first-order valence-corrected chi connectivity index (χ1v) is 7.53. The summed E-state index contributed by atoms with van der Waals surface area (Å²) in [4.78, 5) is 14.0. The van der Waals surface area contributed by atoms with E-state index in [4.69, 9.17) is 10.7 Å². The minimum atomic E-state index is 0.300. The fraction of sp³-hybridized carbons (Fsp3) is 0.733. The second kappa shape index (κ2) is 5.95. The summed E-state index contributed by atoms with van der Waals surface area (Å²) in [5, 5.41) is 0. The van der Waals surface area contributed by atoms with E-state index in [1.807, 2.05) is 6.92 Å². The molecule has 2 heterocycles. The minimum absolute atomic E-state index is 0.300. The van der Waals surface area contributed by atoms with Crippen LogP contribution in [0.1, 0.15) is 45.0 Å². The Balaban J connectivity index is 2.21. The van der Waals surface area contributed by atoms with Crippen molar-refractivity contribution in [3.05, 3.63) is 11.4 Å². The fourth-order valence-electron chi connectivity index (χ4n) is 2.56. The third-order valence-corrected chi connectivity index (χ3v) is 4.04. The van der Waals surface area contributed by atoms with Crippen LogP contribution >= 0.6 is 0 Å². The van der Waals surface area contributed by atoms with Gasteiger partial charge in [-0.15, -0.1) is 0 Å². The van der Waals surface area contributed by atoms with Crippen LogP contribution in [0.3, 0.4) is 0 Å². The number of hydrogen-bond donors (Lipinski definition) is 1. The van der Waals surface area contributed by atoms with Crippen molar-refractivity contribution in [2.75, 3.05) is 36.8 Å². The monoisotopic (exact) mass is 277 g/mol. The molecule has 1 aliphatic heterocycles. The van der Waals surface area contributed by atoms with Gasteiger partial charge in [-0.25, -0.2) is 9.97 Å². The Kier molecular flexibility index (Phi) is 4.48. The van der Waals surface area contributed by atoms with Crippen molar-refractivity contribution in [3.8, 4) is 0 Å². The van der Waals surface area contributed by atoms with Crippen molar-refractivity contribution in [2.45, 2.75) is 46.6 Å². The molecule has 1 aromatic rings. The molecule has 0 aromatic carbocycles. The average Bonchev–Trinajstić information content (AvgIpc) is 2.41. The van der Waals surface area contributed by atoms with Crippen molar-refractivity contribution in [2.24, 2.45) is 0 Å². The molecule has 5 heteroatoms. The Morgan fingerprint density at radius 2 is 1.60 bits per heavy atom. The largest absolute Gasteiger partial charge is 0.383 e. The molecule has 20 heavy (non-hydrogen) atoms. The van der Waals surface area contributed by atoms with Crippen LogP contribution < -0.4 is 10.6 Å². The van der Waals surface area contributed by atoms with Gasteiger partial charge in [0.05, 0.1) is 0 Å². The standard InChI is InChI=1S/C15H27N5/c1-10(2)14-17-13(16)12(5)15(18-14)20-8-6-19(7-9-20)11(3)4/h10-11H,6-9H2,1-5H3,(H2,16,17,18). The van der Waals surface area contributed by atoms with Gasteiger partial charge < -0.3 is 10.6 Å². The number of nitrogens with two attached hydrogens (primary N) is 1. The van der Waals surface area contributed by atoms with E-state index in [0.29, 0.717) is 17.8 Å². The molecule has 0 radical (unpaired) electrons. The topological polar surface area (TPSA) is 58.3 Å². The van der Waals surface area contributed by atoms with Crippen LogP contribution in [0.15, 0.2) is 0 Å². The average molecular weight is 277 g/mol. The lowest BCUT2D eigenvalue weighted by Gasteiger charge is -2.38. The Morgan fingerprint density at radius 3 is 2.10 bits per heavy atom. The van der Waals surface area contributed by atoms with Gasteiger partial charge in [-0.1, -0.05) is 13.8 Å². The SMILES string of the molecule is Cc1c(N)nc(C(C)C)nc1N1CCN(C(C)C)CC1. The summed E-state index contributed by atoms with van der Waals surface area (Å²) in [5.41, 5.74) is 7.06. The quantitative estimate of drug-likeness (QED) is 0.916. The van der Waals surface area contributed by atoms with E-state index in [2.05, 4.69) is 42.5 Å². The van der Waals surface area contributed by atoms with Crippen molar-refractivity contribution >= 4 is 11.6 Å². The van der Waals surface area contributed by atoms with Gasteiger partial charge in [-0.2, -0.15) is 0 Å². The highest BCUT2D eigenvalue weighted by molar-refractivity contribution is 5.57. The molecule has 112 valence electrons. The Bertz CT molecular complexity index is 462. The third kappa shape index (κ3) is 3.03. The molecule has 1 aromatic heterocycles. The number of nitrogens with zero attached hydrogens (tertiary/aromatic N) is 4. The highest BCUT2D eigenvalue weighted by Gasteiger charge is 2.22. The van der Waals surface area contributed by atoms with E-state index in [0.717, 1.165) is 43.4 Å². The first-order chi connectivity index (χ1) is 9.40. The molecule has 0 spiro atoms. The van der Waals surface area contributed by atoms with Crippen LogP contribution in [0.5, 0.6) is 0 Å². The van der Waals surface area contributed by atoms with Crippen molar-refractivity contribution in [1.82, 2.24) is 14.9 Å². The Hall–Kier alpha value is -1.36. The van der Waals surface area contributed by atoms with Crippen LogP contribution in [0.25, 0.3) is 0 Å². The summed E-state index contributed by atoms with van der Waals surface area (Å²) in [7, 11) is 0. The molecular weight excluding hydrogens is 250 g/mol. The summed E-state index contributed by atoms with van der Waals surface area (Å²) < 4.78 is 0. The summed E-state index contributed by atoms with van der Waals surface area (Å²) in [6, 6.07) is 0.611. The van der Waals surface area contributed by atoms with E-state index >= 15 is 0 Å². The molecule has 0 bridgehead atoms. The zero-order valence-corrected chi connectivity index (χ0v) is 13.3. The van der Waals surface area contributed by atoms with E-state index in [1.54, 1.807) is 0 Å². The van der Waals surface area contributed by atoms with E-state index in [9.17, 15) is 0 Å². The van der Waals surface area contributed by atoms with Crippen LogP contribution in [0.2, 0.25) is 0 Å². The molecule has 2 N–H and O–H groups in total. The van der Waals surface area contributed by atoms with Gasteiger partial charge in [0.25, 0.3) is 0 Å². The van der Waals surface area contributed by atoms with Crippen molar-refractivity contribution < 1.29 is 0 Å². The van der Waals surface area contributed by atoms with Crippen molar-refractivity contribution in [1.29, 1.82) is 0 Å². The molecule has 0 amide bonds. The van der Waals surface area contributed by atoms with Crippen molar-refractivity contribution in [3.63, 3.8) is 0 Å². The molecular formula is C15H27N5. The van der Waals surface area contributed by atoms with Crippen LogP contribution in [0.4, 0.5) is 11.6 Å². The minimum Gasteiger partial charge on any atom is -0.383 e. The molecule has 5 nitrogen and oxygen atoms in total. The number of rotatable bonds is 3. The molecule has 1 saturated heterocycles. The van der Waals surface area contributed by atoms with Gasteiger partial charge in [0.2, 0.25) is 0 Å². The van der Waals surface area contributed by atoms with E-state index < -0.39 is 0 Å². The second-order valence-electron chi connectivity index (χ2n) is 6.19. The lowest BCUT2D eigenvalue weighted by molar-refractivity contribution is 0.209. The summed E-state index contributed by atoms with van der Waals surface area (Å²) in [6.07, 6.45) is 0. The predicted molar refractivity (Wildman–Crippen MR) is 84.2 cm³/mol. The smallest absolute Gasteiger partial charge is 0.137 e. The maximum Gasteiger partial charge on any atom is 0.137 e. The first-order valence-electron chi connectivity index (χ1n) is 7.53. The van der Waals surface area contributed by atoms with Gasteiger partial charge in [0, 0.05) is 43.7 Å². The third-order valence-electron chi connectivity index (χ3n) is 4.04. The van der Waals surface area contributed by atoms with Gasteiger partial charge >= 0.3 is 0 Å². The van der Waals surface area contributed by atoms with Gasteiger partial charge in [-0.05, 0) is 20.8 Å². The number of piperazine rings is 1. The highest BCUT2D eigenvalue weighted by atomic mass is 15.3. The maximum absolute atomic E-state index is 6.05. The van der Waals surface area contributed by atoms with Gasteiger partial charge in [0.15, 0.2) is 0 Å². The number of nitrogen functional groups attached to an aromatic ring is 1. The molecule has 1 fully saturated rings. The predicted octanol–water partition coefficient (Wildman–Crippen LogP) is 2.02. The van der Waals surface area contributed by atoms with Gasteiger partial charge in [-0.3, -0.25) is 4.90 Å². The summed E-state index contributed by atoms with van der Waals surface area (Å²) in [6.45, 7) is 14.9. The fourth-order valence-corrected chi connectivity index (χ4v) is 2.56. The van der Waals surface area contributed by atoms with E-state index in [-0.39, 0.29) is 0 Å². The van der Waals surface area contributed by atoms with Crippen LogP contribution in [0, 0.1) is 6.92 Å². The second-order valence-corrected chi connectivity index (χ2v) is 6.19. The van der Waals surface area contributed by atoms with Crippen LogP contribution in [-0.2, 0) is 0 Å². The molecule has 0 saturated carbocycles. The summed E-state index contributed by atoms with van der Waals surface area (Å²) in [5.74, 6) is 2.78. The van der Waals surface area contributed by atoms with Gasteiger partial charge in [0.1, 0.15) is 17.5 Å².